The first-order valence-electron chi connectivity index (χ1n) is 7.23. The molecule has 104 valence electrons. The van der Waals surface area contributed by atoms with Crippen LogP contribution in [-0.4, -0.2) is 45.8 Å². The minimum Gasteiger partial charge on any atom is -0.348 e. The second-order valence-electron chi connectivity index (χ2n) is 5.75. The van der Waals surface area contributed by atoms with Gasteiger partial charge in [-0.3, -0.25) is 9.48 Å². The summed E-state index contributed by atoms with van der Waals surface area (Å²) in [5, 5.41) is 7.41. The Labute approximate surface area is 114 Å². The fourth-order valence-electron chi connectivity index (χ4n) is 3.45. The van der Waals surface area contributed by atoms with Crippen LogP contribution < -0.4 is 5.32 Å². The number of hydrogen-bond donors (Lipinski definition) is 1. The van der Waals surface area contributed by atoms with Gasteiger partial charge in [0.2, 0.25) is 0 Å². The normalized spacial score (nSPS) is 30.5. The summed E-state index contributed by atoms with van der Waals surface area (Å²) in [4.78, 5) is 14.6. The summed E-state index contributed by atoms with van der Waals surface area (Å²) in [6.45, 7) is 2.81. The molecule has 0 radical (unpaired) electrons. The zero-order valence-electron chi connectivity index (χ0n) is 11.7. The fraction of sp³-hybridized carbons (Fsp3) is 0.714. The molecule has 3 rings (SSSR count). The Kier molecular flexibility index (Phi) is 3.31. The Morgan fingerprint density at radius 2 is 2.11 bits per heavy atom. The highest BCUT2D eigenvalue weighted by molar-refractivity contribution is 5.92. The number of carbonyl (C=O) groups excluding carboxylic acids is 1. The van der Waals surface area contributed by atoms with Crippen molar-refractivity contribution >= 4 is 5.91 Å². The first kappa shape index (κ1) is 12.7. The summed E-state index contributed by atoms with van der Waals surface area (Å²) in [5.41, 5.74) is 0.535. The van der Waals surface area contributed by atoms with Crippen LogP contribution >= 0.6 is 0 Å². The summed E-state index contributed by atoms with van der Waals surface area (Å²) < 4.78 is 1.78. The molecule has 2 unspecified atom stereocenters. The maximum Gasteiger partial charge on any atom is 0.271 e. The van der Waals surface area contributed by atoms with E-state index in [1.165, 1.54) is 12.8 Å². The molecule has 3 heterocycles. The van der Waals surface area contributed by atoms with Crippen molar-refractivity contribution < 1.29 is 4.79 Å². The van der Waals surface area contributed by atoms with Crippen LogP contribution in [0.5, 0.6) is 0 Å². The van der Waals surface area contributed by atoms with Crippen molar-refractivity contribution in [2.75, 3.05) is 7.05 Å². The Morgan fingerprint density at radius 1 is 1.42 bits per heavy atom. The lowest BCUT2D eigenvalue weighted by molar-refractivity contribution is 0.0877. The third-order valence-electron chi connectivity index (χ3n) is 4.63. The molecule has 5 heteroatoms. The van der Waals surface area contributed by atoms with Crippen LogP contribution in [-0.2, 0) is 6.54 Å². The predicted molar refractivity (Wildman–Crippen MR) is 73.0 cm³/mol. The number of fused-ring (bicyclic) bond motifs is 2. The molecule has 1 N–H and O–H groups in total. The van der Waals surface area contributed by atoms with Gasteiger partial charge < -0.3 is 10.2 Å². The lowest BCUT2D eigenvalue weighted by atomic mass is 9.98. The molecule has 2 atom stereocenters. The van der Waals surface area contributed by atoms with Gasteiger partial charge in [0.15, 0.2) is 0 Å². The van der Waals surface area contributed by atoms with E-state index >= 15 is 0 Å². The quantitative estimate of drug-likeness (QED) is 0.892. The third-order valence-corrected chi connectivity index (χ3v) is 4.63. The SMILES string of the molecule is CCn1ccc(C(=O)NC2CC3CCC(C2)N3C)n1. The van der Waals surface area contributed by atoms with Crippen molar-refractivity contribution in [2.45, 2.75) is 57.3 Å². The van der Waals surface area contributed by atoms with Crippen LogP contribution in [0.4, 0.5) is 0 Å². The van der Waals surface area contributed by atoms with E-state index < -0.39 is 0 Å². The molecular formula is C14H22N4O. The largest absolute Gasteiger partial charge is 0.348 e. The monoisotopic (exact) mass is 262 g/mol. The second-order valence-corrected chi connectivity index (χ2v) is 5.75. The topological polar surface area (TPSA) is 50.2 Å². The highest BCUT2D eigenvalue weighted by Gasteiger charge is 2.38. The number of amides is 1. The zero-order valence-corrected chi connectivity index (χ0v) is 11.7. The van der Waals surface area contributed by atoms with Crippen molar-refractivity contribution in [3.63, 3.8) is 0 Å². The van der Waals surface area contributed by atoms with Gasteiger partial charge in [0, 0.05) is 30.9 Å². The van der Waals surface area contributed by atoms with Crippen molar-refractivity contribution in [3.8, 4) is 0 Å². The number of rotatable bonds is 3. The molecule has 0 saturated carbocycles. The van der Waals surface area contributed by atoms with Crippen LogP contribution in [0, 0.1) is 0 Å². The molecule has 2 fully saturated rings. The van der Waals surface area contributed by atoms with E-state index in [0.717, 1.165) is 19.4 Å². The average Bonchev–Trinajstić information content (AvgIpc) is 2.94. The number of nitrogens with one attached hydrogen (secondary N) is 1. The van der Waals surface area contributed by atoms with Gasteiger partial charge in [-0.25, -0.2) is 0 Å². The Morgan fingerprint density at radius 3 is 2.68 bits per heavy atom. The second kappa shape index (κ2) is 4.96. The summed E-state index contributed by atoms with van der Waals surface area (Å²) in [6, 6.07) is 3.41. The number of aromatic nitrogens is 2. The van der Waals surface area contributed by atoms with Crippen molar-refractivity contribution in [1.29, 1.82) is 0 Å². The van der Waals surface area contributed by atoms with E-state index in [1.54, 1.807) is 10.7 Å². The number of hydrogen-bond acceptors (Lipinski definition) is 3. The zero-order chi connectivity index (χ0) is 13.4. The van der Waals surface area contributed by atoms with Gasteiger partial charge in [-0.05, 0) is 45.7 Å². The van der Waals surface area contributed by atoms with E-state index in [9.17, 15) is 4.79 Å². The highest BCUT2D eigenvalue weighted by Crippen LogP contribution is 2.34. The maximum absolute atomic E-state index is 12.2. The van der Waals surface area contributed by atoms with Gasteiger partial charge in [-0.1, -0.05) is 0 Å². The maximum atomic E-state index is 12.2. The summed E-state index contributed by atoms with van der Waals surface area (Å²) in [7, 11) is 2.21. The van der Waals surface area contributed by atoms with E-state index in [1.807, 2.05) is 13.1 Å². The molecular weight excluding hydrogens is 240 g/mol. The van der Waals surface area contributed by atoms with Gasteiger partial charge >= 0.3 is 0 Å². The number of piperidine rings is 1. The lowest BCUT2D eigenvalue weighted by Crippen LogP contribution is -2.48. The summed E-state index contributed by atoms with van der Waals surface area (Å²) in [5.74, 6) is -0.0267. The Hall–Kier alpha value is -1.36. The van der Waals surface area contributed by atoms with Crippen molar-refractivity contribution in [3.05, 3.63) is 18.0 Å². The van der Waals surface area contributed by atoms with Gasteiger partial charge in [-0.2, -0.15) is 5.10 Å². The minimum atomic E-state index is -0.0267. The average molecular weight is 262 g/mol. The Bertz CT molecular complexity index is 456. The molecule has 5 nitrogen and oxygen atoms in total. The van der Waals surface area contributed by atoms with E-state index in [0.29, 0.717) is 23.8 Å². The first-order valence-corrected chi connectivity index (χ1v) is 7.23. The molecule has 1 aromatic heterocycles. The van der Waals surface area contributed by atoms with Gasteiger partial charge in [-0.15, -0.1) is 0 Å². The Balaban J connectivity index is 1.61. The number of aryl methyl sites for hydroxylation is 1. The van der Waals surface area contributed by atoms with Gasteiger partial charge in [0.05, 0.1) is 0 Å². The molecule has 1 amide bonds. The minimum absolute atomic E-state index is 0.0267. The van der Waals surface area contributed by atoms with Crippen LogP contribution in [0.2, 0.25) is 0 Å². The molecule has 0 aliphatic carbocycles. The third kappa shape index (κ3) is 2.39. The van der Waals surface area contributed by atoms with Crippen LogP contribution in [0.1, 0.15) is 43.1 Å². The number of carbonyl (C=O) groups is 1. The standard InChI is InChI=1S/C14H22N4O/c1-3-18-7-6-13(16-18)14(19)15-10-8-11-4-5-12(9-10)17(11)2/h6-7,10-12H,3-5,8-9H2,1-2H3,(H,15,19). The van der Waals surface area contributed by atoms with Gasteiger partial charge in [0.1, 0.15) is 5.69 Å². The molecule has 2 bridgehead atoms. The molecule has 2 aliphatic rings. The predicted octanol–water partition coefficient (Wildman–Crippen LogP) is 1.26. The number of nitrogens with zero attached hydrogens (tertiary/aromatic N) is 3. The van der Waals surface area contributed by atoms with Crippen LogP contribution in [0.3, 0.4) is 0 Å². The smallest absolute Gasteiger partial charge is 0.271 e. The van der Waals surface area contributed by atoms with Crippen LogP contribution in [0.15, 0.2) is 12.3 Å². The van der Waals surface area contributed by atoms with Gasteiger partial charge in [0.25, 0.3) is 5.91 Å². The molecule has 0 aromatic carbocycles. The lowest BCUT2D eigenvalue weighted by Gasteiger charge is -2.36. The van der Waals surface area contributed by atoms with E-state index in [4.69, 9.17) is 0 Å². The molecule has 1 aromatic rings. The summed E-state index contributed by atoms with van der Waals surface area (Å²) >= 11 is 0. The fourth-order valence-corrected chi connectivity index (χ4v) is 3.45. The van der Waals surface area contributed by atoms with Crippen LogP contribution in [0.25, 0.3) is 0 Å². The molecule has 19 heavy (non-hydrogen) atoms. The van der Waals surface area contributed by atoms with E-state index in [2.05, 4.69) is 22.4 Å². The first-order chi connectivity index (χ1) is 9.17. The van der Waals surface area contributed by atoms with Crippen molar-refractivity contribution in [2.24, 2.45) is 0 Å². The van der Waals surface area contributed by atoms with Crippen molar-refractivity contribution in [1.82, 2.24) is 20.0 Å². The summed E-state index contributed by atoms with van der Waals surface area (Å²) in [6.07, 6.45) is 6.56. The van der Waals surface area contributed by atoms with E-state index in [-0.39, 0.29) is 5.91 Å². The molecule has 2 saturated heterocycles. The molecule has 0 spiro atoms. The highest BCUT2D eigenvalue weighted by atomic mass is 16.2. The molecule has 2 aliphatic heterocycles.